The Morgan fingerprint density at radius 3 is 2.58 bits per heavy atom. The Bertz CT molecular complexity index is 529. The molecule has 0 N–H and O–H groups in total. The summed E-state index contributed by atoms with van der Waals surface area (Å²) in [6.45, 7) is 13.7. The molecule has 0 bridgehead atoms. The Hall–Kier alpha value is -2.17. The quantitative estimate of drug-likeness (QED) is 0.782. The van der Waals surface area contributed by atoms with E-state index in [1.807, 2.05) is 19.9 Å². The number of aromatic nitrogens is 3. The Labute approximate surface area is 114 Å². The summed E-state index contributed by atoms with van der Waals surface area (Å²) in [6, 6.07) is 0. The standard InChI is InChI=1S/C12H13N5.C2H6/c1-8(13-3)11-15-9(2)16-12(17-11)10-6-4-5-7-14-10;1-2/h4,6H,1,3,5,7H2,2H3;1-2H3. The second kappa shape index (κ2) is 7.31. The van der Waals surface area contributed by atoms with Crippen molar-refractivity contribution < 1.29 is 0 Å². The lowest BCUT2D eigenvalue weighted by molar-refractivity contribution is 0.923. The van der Waals surface area contributed by atoms with E-state index >= 15 is 0 Å². The molecular weight excluding hydrogens is 238 g/mol. The minimum Gasteiger partial charge on any atom is -0.281 e. The van der Waals surface area contributed by atoms with Crippen molar-refractivity contribution in [1.82, 2.24) is 15.0 Å². The molecule has 1 aliphatic rings. The molecule has 0 aromatic carbocycles. The van der Waals surface area contributed by atoms with Gasteiger partial charge in [-0.3, -0.25) is 9.98 Å². The van der Waals surface area contributed by atoms with E-state index in [4.69, 9.17) is 0 Å². The first-order chi connectivity index (χ1) is 9.20. The molecule has 0 fully saturated rings. The van der Waals surface area contributed by atoms with E-state index in [9.17, 15) is 0 Å². The molecule has 1 aliphatic heterocycles. The van der Waals surface area contributed by atoms with Crippen LogP contribution >= 0.6 is 0 Å². The highest BCUT2D eigenvalue weighted by atomic mass is 15.1. The number of rotatable bonds is 3. The average Bonchev–Trinajstić information content (AvgIpc) is 2.48. The average molecular weight is 257 g/mol. The number of dihydropyridines is 1. The van der Waals surface area contributed by atoms with Gasteiger partial charge in [0.1, 0.15) is 11.5 Å². The zero-order valence-corrected chi connectivity index (χ0v) is 11.7. The first kappa shape index (κ1) is 14.9. The normalized spacial score (nSPS) is 13.1. The number of aryl methyl sites for hydroxylation is 1. The van der Waals surface area contributed by atoms with Crippen molar-refractivity contribution in [2.45, 2.75) is 27.2 Å². The van der Waals surface area contributed by atoms with Crippen molar-refractivity contribution in [3.05, 3.63) is 36.2 Å². The van der Waals surface area contributed by atoms with Crippen LogP contribution in [-0.4, -0.2) is 33.9 Å². The summed E-state index contributed by atoms with van der Waals surface area (Å²) in [4.78, 5) is 20.8. The Balaban J connectivity index is 0.000000861. The highest BCUT2D eigenvalue weighted by Gasteiger charge is 2.10. The van der Waals surface area contributed by atoms with E-state index in [0.717, 1.165) is 18.7 Å². The van der Waals surface area contributed by atoms with Crippen LogP contribution in [0.15, 0.2) is 28.7 Å². The lowest BCUT2D eigenvalue weighted by atomic mass is 10.2. The van der Waals surface area contributed by atoms with Gasteiger partial charge in [-0.15, -0.1) is 0 Å². The molecule has 100 valence electrons. The molecule has 0 saturated heterocycles. The molecule has 2 heterocycles. The third-order valence-electron chi connectivity index (χ3n) is 2.28. The van der Waals surface area contributed by atoms with E-state index in [2.05, 4.69) is 44.3 Å². The maximum Gasteiger partial charge on any atom is 0.181 e. The Kier molecular flexibility index (Phi) is 5.73. The lowest BCUT2D eigenvalue weighted by Crippen LogP contribution is -2.11. The smallest absolute Gasteiger partial charge is 0.181 e. The molecule has 0 aliphatic carbocycles. The van der Waals surface area contributed by atoms with Gasteiger partial charge in [-0.25, -0.2) is 15.0 Å². The summed E-state index contributed by atoms with van der Waals surface area (Å²) < 4.78 is 0. The van der Waals surface area contributed by atoms with Crippen molar-refractivity contribution in [3.8, 4) is 0 Å². The van der Waals surface area contributed by atoms with E-state index in [-0.39, 0.29) is 0 Å². The highest BCUT2D eigenvalue weighted by Crippen LogP contribution is 2.10. The molecule has 19 heavy (non-hydrogen) atoms. The van der Waals surface area contributed by atoms with Gasteiger partial charge in [0.15, 0.2) is 11.6 Å². The van der Waals surface area contributed by atoms with Gasteiger partial charge in [-0.05, 0) is 26.1 Å². The molecule has 2 rings (SSSR count). The van der Waals surface area contributed by atoms with Gasteiger partial charge in [-0.2, -0.15) is 0 Å². The first-order valence-corrected chi connectivity index (χ1v) is 6.31. The maximum absolute atomic E-state index is 4.37. The molecule has 1 aromatic heterocycles. The molecule has 0 spiro atoms. The number of aliphatic imine (C=N–C) groups is 2. The van der Waals surface area contributed by atoms with Gasteiger partial charge < -0.3 is 0 Å². The second-order valence-electron chi connectivity index (χ2n) is 3.59. The van der Waals surface area contributed by atoms with Gasteiger partial charge >= 0.3 is 0 Å². The molecule has 5 heteroatoms. The maximum atomic E-state index is 4.37. The van der Waals surface area contributed by atoms with Crippen LogP contribution in [0.3, 0.4) is 0 Å². The van der Waals surface area contributed by atoms with Crippen molar-refractivity contribution in [3.63, 3.8) is 0 Å². The first-order valence-electron chi connectivity index (χ1n) is 6.31. The third kappa shape index (κ3) is 3.91. The topological polar surface area (TPSA) is 63.4 Å². The fourth-order valence-corrected chi connectivity index (χ4v) is 1.45. The summed E-state index contributed by atoms with van der Waals surface area (Å²) in [7, 11) is 0. The summed E-state index contributed by atoms with van der Waals surface area (Å²) in [5.74, 6) is 1.63. The molecule has 0 saturated carbocycles. The van der Waals surface area contributed by atoms with Crippen molar-refractivity contribution >= 4 is 18.1 Å². The number of allylic oxidation sites excluding steroid dienone is 1. The van der Waals surface area contributed by atoms with Crippen molar-refractivity contribution in [2.75, 3.05) is 6.54 Å². The SMILES string of the molecule is C=NC(=C)c1nc(C)nc(C2=NCCC=C2)n1.CC. The van der Waals surface area contributed by atoms with Crippen molar-refractivity contribution in [2.24, 2.45) is 9.98 Å². The minimum absolute atomic E-state index is 0.442. The Morgan fingerprint density at radius 2 is 2.00 bits per heavy atom. The zero-order valence-electron chi connectivity index (χ0n) is 11.7. The van der Waals surface area contributed by atoms with E-state index in [1.54, 1.807) is 6.92 Å². The fraction of sp³-hybridized carbons (Fsp3) is 0.357. The van der Waals surface area contributed by atoms with Crippen LogP contribution in [0.25, 0.3) is 5.70 Å². The van der Waals surface area contributed by atoms with E-state index in [0.29, 0.717) is 23.2 Å². The zero-order chi connectivity index (χ0) is 14.3. The summed E-state index contributed by atoms with van der Waals surface area (Å²) in [5.41, 5.74) is 1.22. The third-order valence-corrected chi connectivity index (χ3v) is 2.28. The summed E-state index contributed by atoms with van der Waals surface area (Å²) >= 11 is 0. The van der Waals surface area contributed by atoms with Crippen LogP contribution < -0.4 is 0 Å². The Morgan fingerprint density at radius 1 is 1.26 bits per heavy atom. The predicted octanol–water partition coefficient (Wildman–Crippen LogP) is 2.63. The molecule has 0 amide bonds. The van der Waals surface area contributed by atoms with Gasteiger partial charge in [0.05, 0.1) is 5.70 Å². The van der Waals surface area contributed by atoms with Gasteiger partial charge in [0, 0.05) is 6.54 Å². The number of hydrogen-bond donors (Lipinski definition) is 0. The van der Waals surface area contributed by atoms with Crippen molar-refractivity contribution in [1.29, 1.82) is 0 Å². The fourth-order valence-electron chi connectivity index (χ4n) is 1.45. The van der Waals surface area contributed by atoms with Gasteiger partial charge in [0.25, 0.3) is 0 Å². The van der Waals surface area contributed by atoms with Gasteiger partial charge in [0.2, 0.25) is 0 Å². The van der Waals surface area contributed by atoms with Crippen LogP contribution in [0.5, 0.6) is 0 Å². The predicted molar refractivity (Wildman–Crippen MR) is 79.7 cm³/mol. The summed E-state index contributed by atoms with van der Waals surface area (Å²) in [6.07, 6.45) is 4.94. The lowest BCUT2D eigenvalue weighted by Gasteiger charge is -2.07. The monoisotopic (exact) mass is 257 g/mol. The number of hydrogen-bond acceptors (Lipinski definition) is 5. The van der Waals surface area contributed by atoms with E-state index < -0.39 is 0 Å². The highest BCUT2D eigenvalue weighted by molar-refractivity contribution is 6.06. The molecule has 1 aromatic rings. The van der Waals surface area contributed by atoms with E-state index in [1.165, 1.54) is 0 Å². The molecule has 0 unspecified atom stereocenters. The molecule has 0 radical (unpaired) electrons. The number of nitrogens with zero attached hydrogens (tertiary/aromatic N) is 5. The van der Waals surface area contributed by atoms with Crippen LogP contribution in [-0.2, 0) is 0 Å². The minimum atomic E-state index is 0.442. The van der Waals surface area contributed by atoms with Gasteiger partial charge in [-0.1, -0.05) is 26.5 Å². The second-order valence-corrected chi connectivity index (χ2v) is 3.59. The largest absolute Gasteiger partial charge is 0.281 e. The molecule has 5 nitrogen and oxygen atoms in total. The van der Waals surface area contributed by atoms with Crippen LogP contribution in [0.2, 0.25) is 0 Å². The molecular formula is C14H19N5. The van der Waals surface area contributed by atoms with Crippen LogP contribution in [0.4, 0.5) is 0 Å². The van der Waals surface area contributed by atoms with Crippen LogP contribution in [0, 0.1) is 6.92 Å². The van der Waals surface area contributed by atoms with Crippen LogP contribution in [0.1, 0.15) is 37.7 Å². The summed E-state index contributed by atoms with van der Waals surface area (Å²) in [5, 5.41) is 0. The molecule has 0 atom stereocenters.